The molecule has 0 atom stereocenters. The SMILES string of the molecule is CC(C)c1nc(-c2ccsc2)[nH]c(=O)c1Br. The number of halogens is 1. The number of aromatic amines is 1. The normalized spacial score (nSPS) is 11.0. The van der Waals surface area contributed by atoms with Gasteiger partial charge in [-0.25, -0.2) is 4.98 Å². The summed E-state index contributed by atoms with van der Waals surface area (Å²) in [6.45, 7) is 4.04. The van der Waals surface area contributed by atoms with Crippen molar-refractivity contribution in [2.45, 2.75) is 19.8 Å². The molecule has 0 radical (unpaired) electrons. The van der Waals surface area contributed by atoms with Crippen molar-refractivity contribution in [3.8, 4) is 11.4 Å². The Kier molecular flexibility index (Phi) is 3.25. The number of thiophene rings is 1. The van der Waals surface area contributed by atoms with Gasteiger partial charge in [0.15, 0.2) is 0 Å². The molecule has 0 amide bonds. The van der Waals surface area contributed by atoms with Crippen LogP contribution in [0.5, 0.6) is 0 Å². The van der Waals surface area contributed by atoms with E-state index < -0.39 is 0 Å². The third-order valence-electron chi connectivity index (χ3n) is 2.23. The number of hydrogen-bond acceptors (Lipinski definition) is 3. The summed E-state index contributed by atoms with van der Waals surface area (Å²) in [7, 11) is 0. The number of nitrogens with zero attached hydrogens (tertiary/aromatic N) is 1. The molecule has 0 aromatic carbocycles. The molecular formula is C11H11BrN2OS. The highest BCUT2D eigenvalue weighted by molar-refractivity contribution is 9.10. The van der Waals surface area contributed by atoms with Crippen molar-refractivity contribution in [2.75, 3.05) is 0 Å². The Balaban J connectivity index is 2.62. The Bertz CT molecular complexity index is 546. The second-order valence-electron chi connectivity index (χ2n) is 3.78. The molecule has 2 heterocycles. The Morgan fingerprint density at radius 1 is 1.50 bits per heavy atom. The third-order valence-corrected chi connectivity index (χ3v) is 3.68. The average molecular weight is 299 g/mol. The Labute approximate surface area is 106 Å². The third kappa shape index (κ3) is 2.10. The summed E-state index contributed by atoms with van der Waals surface area (Å²) in [6.07, 6.45) is 0. The summed E-state index contributed by atoms with van der Waals surface area (Å²) in [6, 6.07) is 1.95. The van der Waals surface area contributed by atoms with E-state index in [1.807, 2.05) is 30.7 Å². The van der Waals surface area contributed by atoms with Gasteiger partial charge in [0.1, 0.15) is 10.3 Å². The average Bonchev–Trinajstić information content (AvgIpc) is 2.74. The molecule has 2 aromatic heterocycles. The molecule has 0 aliphatic heterocycles. The fraction of sp³-hybridized carbons (Fsp3) is 0.273. The highest BCUT2D eigenvalue weighted by atomic mass is 79.9. The summed E-state index contributed by atoms with van der Waals surface area (Å²) in [5.74, 6) is 0.854. The van der Waals surface area contributed by atoms with Gasteiger partial charge in [-0.1, -0.05) is 13.8 Å². The number of H-pyrrole nitrogens is 1. The van der Waals surface area contributed by atoms with Gasteiger partial charge >= 0.3 is 0 Å². The second kappa shape index (κ2) is 4.51. The van der Waals surface area contributed by atoms with Crippen molar-refractivity contribution in [2.24, 2.45) is 0 Å². The minimum atomic E-state index is -0.125. The monoisotopic (exact) mass is 298 g/mol. The standard InChI is InChI=1S/C11H11BrN2OS/c1-6(2)9-8(12)11(15)14-10(13-9)7-3-4-16-5-7/h3-6H,1-2H3,(H,13,14,15). The predicted octanol–water partition coefficient (Wildman–Crippen LogP) is 3.38. The van der Waals surface area contributed by atoms with E-state index in [0.717, 1.165) is 11.3 Å². The van der Waals surface area contributed by atoms with Crippen LogP contribution in [0.1, 0.15) is 25.5 Å². The molecular weight excluding hydrogens is 288 g/mol. The van der Waals surface area contributed by atoms with Gasteiger partial charge in [0.2, 0.25) is 0 Å². The van der Waals surface area contributed by atoms with Crippen molar-refractivity contribution < 1.29 is 0 Å². The molecule has 0 aliphatic carbocycles. The molecule has 1 N–H and O–H groups in total. The lowest BCUT2D eigenvalue weighted by Gasteiger charge is -2.08. The van der Waals surface area contributed by atoms with Crippen LogP contribution in [0.3, 0.4) is 0 Å². The van der Waals surface area contributed by atoms with Crippen LogP contribution in [0.2, 0.25) is 0 Å². The highest BCUT2D eigenvalue weighted by Crippen LogP contribution is 2.23. The van der Waals surface area contributed by atoms with E-state index in [4.69, 9.17) is 0 Å². The predicted molar refractivity (Wildman–Crippen MR) is 70.0 cm³/mol. The molecule has 3 nitrogen and oxygen atoms in total. The van der Waals surface area contributed by atoms with Crippen LogP contribution in [0.25, 0.3) is 11.4 Å². The maximum Gasteiger partial charge on any atom is 0.265 e. The van der Waals surface area contributed by atoms with Crippen molar-refractivity contribution in [1.82, 2.24) is 9.97 Å². The van der Waals surface area contributed by atoms with Gasteiger partial charge in [0.25, 0.3) is 5.56 Å². The van der Waals surface area contributed by atoms with Gasteiger partial charge in [-0.15, -0.1) is 0 Å². The van der Waals surface area contributed by atoms with E-state index in [0.29, 0.717) is 10.3 Å². The van der Waals surface area contributed by atoms with Gasteiger partial charge in [0, 0.05) is 10.9 Å². The minimum Gasteiger partial charge on any atom is -0.306 e. The van der Waals surface area contributed by atoms with E-state index in [1.165, 1.54) is 0 Å². The van der Waals surface area contributed by atoms with Crippen LogP contribution in [0.4, 0.5) is 0 Å². The topological polar surface area (TPSA) is 45.8 Å². The molecule has 5 heteroatoms. The van der Waals surface area contributed by atoms with Crippen molar-refractivity contribution in [1.29, 1.82) is 0 Å². The molecule has 0 saturated heterocycles. The lowest BCUT2D eigenvalue weighted by Crippen LogP contribution is -2.14. The van der Waals surface area contributed by atoms with Gasteiger partial charge in [0.05, 0.1) is 5.69 Å². The highest BCUT2D eigenvalue weighted by Gasteiger charge is 2.13. The largest absolute Gasteiger partial charge is 0.306 e. The molecule has 0 unspecified atom stereocenters. The zero-order valence-corrected chi connectivity index (χ0v) is 11.4. The van der Waals surface area contributed by atoms with Crippen LogP contribution < -0.4 is 5.56 Å². The Hall–Kier alpha value is -0.940. The fourth-order valence-electron chi connectivity index (χ4n) is 1.39. The van der Waals surface area contributed by atoms with E-state index in [1.54, 1.807) is 11.3 Å². The zero-order chi connectivity index (χ0) is 11.7. The quantitative estimate of drug-likeness (QED) is 0.924. The van der Waals surface area contributed by atoms with E-state index in [2.05, 4.69) is 25.9 Å². The van der Waals surface area contributed by atoms with Crippen LogP contribution in [0, 0.1) is 0 Å². The first kappa shape index (κ1) is 11.5. The Morgan fingerprint density at radius 2 is 2.25 bits per heavy atom. The molecule has 0 fully saturated rings. The van der Waals surface area contributed by atoms with Crippen LogP contribution in [0.15, 0.2) is 26.1 Å². The summed E-state index contributed by atoms with van der Waals surface area (Å²) in [5.41, 5.74) is 1.63. The first-order chi connectivity index (χ1) is 7.59. The summed E-state index contributed by atoms with van der Waals surface area (Å²) in [4.78, 5) is 19.0. The van der Waals surface area contributed by atoms with Gasteiger partial charge in [-0.2, -0.15) is 11.3 Å². The summed E-state index contributed by atoms with van der Waals surface area (Å²) in [5, 5.41) is 3.93. The zero-order valence-electron chi connectivity index (χ0n) is 8.95. The summed E-state index contributed by atoms with van der Waals surface area (Å²) < 4.78 is 0.529. The molecule has 0 saturated carbocycles. The second-order valence-corrected chi connectivity index (χ2v) is 5.35. The van der Waals surface area contributed by atoms with E-state index >= 15 is 0 Å². The lowest BCUT2D eigenvalue weighted by molar-refractivity contribution is 0.803. The van der Waals surface area contributed by atoms with Crippen LogP contribution in [-0.4, -0.2) is 9.97 Å². The first-order valence-corrected chi connectivity index (χ1v) is 6.65. The molecule has 16 heavy (non-hydrogen) atoms. The maximum absolute atomic E-state index is 11.7. The molecule has 0 spiro atoms. The molecule has 2 rings (SSSR count). The van der Waals surface area contributed by atoms with Crippen LogP contribution >= 0.6 is 27.3 Å². The van der Waals surface area contributed by atoms with Gasteiger partial charge < -0.3 is 4.98 Å². The number of rotatable bonds is 2. The molecule has 0 bridgehead atoms. The number of hydrogen-bond donors (Lipinski definition) is 1. The smallest absolute Gasteiger partial charge is 0.265 e. The van der Waals surface area contributed by atoms with Gasteiger partial charge in [-0.05, 0) is 33.3 Å². The number of nitrogens with one attached hydrogen (secondary N) is 1. The molecule has 2 aromatic rings. The van der Waals surface area contributed by atoms with E-state index in [-0.39, 0.29) is 11.5 Å². The summed E-state index contributed by atoms with van der Waals surface area (Å²) >= 11 is 4.86. The molecule has 84 valence electrons. The van der Waals surface area contributed by atoms with E-state index in [9.17, 15) is 4.79 Å². The fourth-order valence-corrected chi connectivity index (χ4v) is 2.68. The van der Waals surface area contributed by atoms with Crippen molar-refractivity contribution in [3.63, 3.8) is 0 Å². The van der Waals surface area contributed by atoms with Crippen molar-refractivity contribution >= 4 is 27.3 Å². The molecule has 0 aliphatic rings. The Morgan fingerprint density at radius 3 is 2.81 bits per heavy atom. The van der Waals surface area contributed by atoms with Gasteiger partial charge in [-0.3, -0.25) is 4.79 Å². The minimum absolute atomic E-state index is 0.125. The first-order valence-electron chi connectivity index (χ1n) is 4.92. The van der Waals surface area contributed by atoms with Crippen molar-refractivity contribution in [3.05, 3.63) is 37.3 Å². The number of aromatic nitrogens is 2. The van der Waals surface area contributed by atoms with Crippen LogP contribution in [-0.2, 0) is 0 Å². The lowest BCUT2D eigenvalue weighted by atomic mass is 10.1. The maximum atomic E-state index is 11.7.